The normalized spacial score (nSPS) is 17.6. The van der Waals surface area contributed by atoms with E-state index >= 15 is 0 Å². The van der Waals surface area contributed by atoms with Crippen LogP contribution in [0.15, 0.2) is 53.5 Å². The number of fused-ring (bicyclic) bond motifs is 1. The first kappa shape index (κ1) is 17.1. The average Bonchev–Trinajstić information content (AvgIpc) is 3.02. The predicted octanol–water partition coefficient (Wildman–Crippen LogP) is 3.33. The lowest BCUT2D eigenvalue weighted by Crippen LogP contribution is -2.41. The first-order valence-electron chi connectivity index (χ1n) is 9.10. The van der Waals surface area contributed by atoms with Crippen molar-refractivity contribution in [3.8, 4) is 5.88 Å². The third-order valence-electron chi connectivity index (χ3n) is 5.11. The first-order chi connectivity index (χ1) is 13.1. The van der Waals surface area contributed by atoms with Crippen LogP contribution in [-0.4, -0.2) is 35.3 Å². The van der Waals surface area contributed by atoms with Crippen molar-refractivity contribution < 1.29 is 9.90 Å². The number of benzene rings is 2. The van der Waals surface area contributed by atoms with Crippen LogP contribution in [0.1, 0.15) is 18.4 Å². The molecule has 2 heterocycles. The lowest BCUT2D eigenvalue weighted by molar-refractivity contribution is -0.122. The van der Waals surface area contributed by atoms with Crippen LogP contribution in [0.25, 0.3) is 10.9 Å². The van der Waals surface area contributed by atoms with Crippen molar-refractivity contribution >= 4 is 34.4 Å². The molecular weight excluding hydrogens is 340 g/mol. The second kappa shape index (κ2) is 7.15. The summed E-state index contributed by atoms with van der Waals surface area (Å²) in [7, 11) is 0. The Bertz CT molecular complexity index is 991. The van der Waals surface area contributed by atoms with Crippen LogP contribution < -0.4 is 10.6 Å². The van der Waals surface area contributed by atoms with Gasteiger partial charge in [0.05, 0.1) is 17.2 Å². The van der Waals surface area contributed by atoms with Crippen molar-refractivity contribution in [3.05, 3.63) is 54.1 Å². The Labute approximate surface area is 157 Å². The van der Waals surface area contributed by atoms with Gasteiger partial charge in [-0.1, -0.05) is 18.2 Å². The van der Waals surface area contributed by atoms with E-state index < -0.39 is 0 Å². The zero-order valence-electron chi connectivity index (χ0n) is 14.9. The van der Waals surface area contributed by atoms with Gasteiger partial charge >= 0.3 is 0 Å². The maximum Gasteiger partial charge on any atom is 0.222 e. The van der Waals surface area contributed by atoms with Gasteiger partial charge in [-0.3, -0.25) is 9.79 Å². The van der Waals surface area contributed by atoms with E-state index in [-0.39, 0.29) is 17.7 Å². The highest BCUT2D eigenvalue weighted by Gasteiger charge is 2.23. The van der Waals surface area contributed by atoms with Crippen molar-refractivity contribution in [2.75, 3.05) is 18.0 Å². The van der Waals surface area contributed by atoms with Gasteiger partial charge in [0, 0.05) is 35.9 Å². The molecule has 138 valence electrons. The van der Waals surface area contributed by atoms with Crippen molar-refractivity contribution in [1.29, 1.82) is 0 Å². The Balaban J connectivity index is 1.51. The molecule has 0 bridgehead atoms. The van der Waals surface area contributed by atoms with Crippen LogP contribution in [0.5, 0.6) is 5.88 Å². The third-order valence-corrected chi connectivity index (χ3v) is 5.11. The number of nitrogens with one attached hydrogen (secondary N) is 1. The Hall–Kier alpha value is -3.28. The lowest BCUT2D eigenvalue weighted by Gasteiger charge is -2.33. The minimum absolute atomic E-state index is 0.0821. The molecule has 2 aromatic carbocycles. The number of nitrogens with zero attached hydrogens (tertiary/aromatic N) is 2. The zero-order chi connectivity index (χ0) is 18.8. The standard InChI is InChI=1S/C21H22N4O2/c22-20(26)14-4-3-11-25(13-14)16-9-7-15(8-10-16)23-12-18-17-5-1-2-6-19(17)24-21(18)27/h1-2,5-10,12,14,24,27H,3-4,11,13H2,(H2,22,26). The van der Waals surface area contributed by atoms with Crippen molar-refractivity contribution in [2.45, 2.75) is 12.8 Å². The number of aromatic amines is 1. The van der Waals surface area contributed by atoms with E-state index in [0.717, 1.165) is 41.7 Å². The highest BCUT2D eigenvalue weighted by Crippen LogP contribution is 2.27. The monoisotopic (exact) mass is 362 g/mol. The molecule has 27 heavy (non-hydrogen) atoms. The summed E-state index contributed by atoms with van der Waals surface area (Å²) < 4.78 is 0. The zero-order valence-corrected chi connectivity index (χ0v) is 14.9. The first-order valence-corrected chi connectivity index (χ1v) is 9.10. The number of anilines is 1. The van der Waals surface area contributed by atoms with E-state index in [0.29, 0.717) is 12.1 Å². The number of aromatic nitrogens is 1. The van der Waals surface area contributed by atoms with Crippen molar-refractivity contribution in [1.82, 2.24) is 4.98 Å². The van der Waals surface area contributed by atoms with Gasteiger partial charge in [0.1, 0.15) is 0 Å². The number of nitrogens with two attached hydrogens (primary N) is 1. The van der Waals surface area contributed by atoms with Crippen LogP contribution in [0.4, 0.5) is 11.4 Å². The molecule has 6 heteroatoms. The fraction of sp³-hybridized carbons (Fsp3) is 0.238. The number of amides is 1. The molecule has 1 amide bonds. The van der Waals surface area contributed by atoms with E-state index in [9.17, 15) is 9.90 Å². The van der Waals surface area contributed by atoms with E-state index in [2.05, 4.69) is 14.9 Å². The fourth-order valence-electron chi connectivity index (χ4n) is 3.61. The number of rotatable bonds is 4. The van der Waals surface area contributed by atoms with Gasteiger partial charge in [0.15, 0.2) is 5.88 Å². The molecule has 1 atom stereocenters. The molecule has 4 N–H and O–H groups in total. The highest BCUT2D eigenvalue weighted by atomic mass is 16.3. The molecule has 0 radical (unpaired) electrons. The van der Waals surface area contributed by atoms with Gasteiger partial charge in [-0.2, -0.15) is 0 Å². The van der Waals surface area contributed by atoms with Crippen LogP contribution in [0.2, 0.25) is 0 Å². The minimum atomic E-state index is -0.223. The lowest BCUT2D eigenvalue weighted by atomic mass is 9.97. The summed E-state index contributed by atoms with van der Waals surface area (Å²) >= 11 is 0. The molecule has 1 aromatic heterocycles. The Kier molecular flexibility index (Phi) is 4.54. The van der Waals surface area contributed by atoms with Gasteiger partial charge in [0.25, 0.3) is 0 Å². The SMILES string of the molecule is NC(=O)C1CCCN(c2ccc(N=Cc3c(O)[nH]c4ccccc34)cc2)C1. The number of para-hydroxylation sites is 1. The molecule has 1 fully saturated rings. The highest BCUT2D eigenvalue weighted by molar-refractivity contribution is 6.02. The molecule has 1 aliphatic heterocycles. The molecule has 1 aliphatic rings. The summed E-state index contributed by atoms with van der Waals surface area (Å²) in [6.45, 7) is 1.59. The van der Waals surface area contributed by atoms with Gasteiger partial charge < -0.3 is 20.7 Å². The van der Waals surface area contributed by atoms with E-state index in [1.165, 1.54) is 0 Å². The van der Waals surface area contributed by atoms with E-state index in [1.54, 1.807) is 6.21 Å². The molecule has 1 unspecified atom stereocenters. The van der Waals surface area contributed by atoms with Gasteiger partial charge in [-0.15, -0.1) is 0 Å². The van der Waals surface area contributed by atoms with Gasteiger partial charge in [-0.25, -0.2) is 0 Å². The maximum absolute atomic E-state index is 11.5. The summed E-state index contributed by atoms with van der Waals surface area (Å²) in [4.78, 5) is 21.1. The molecular formula is C21H22N4O2. The smallest absolute Gasteiger partial charge is 0.222 e. The second-order valence-corrected chi connectivity index (χ2v) is 6.89. The summed E-state index contributed by atoms with van der Waals surface area (Å²) in [6, 6.07) is 15.6. The average molecular weight is 362 g/mol. The molecule has 3 aromatic rings. The van der Waals surface area contributed by atoms with Gasteiger partial charge in [0.2, 0.25) is 5.91 Å². The summed E-state index contributed by atoms with van der Waals surface area (Å²) in [5, 5.41) is 11.0. The number of piperidine rings is 1. The largest absolute Gasteiger partial charge is 0.494 e. The maximum atomic E-state index is 11.5. The van der Waals surface area contributed by atoms with Gasteiger partial charge in [-0.05, 0) is 43.2 Å². The molecule has 0 saturated carbocycles. The number of carbonyl (C=O) groups excluding carboxylic acids is 1. The third kappa shape index (κ3) is 3.51. The number of hydrogen-bond acceptors (Lipinski definition) is 4. The topological polar surface area (TPSA) is 94.7 Å². The van der Waals surface area contributed by atoms with Crippen LogP contribution in [0.3, 0.4) is 0 Å². The summed E-state index contributed by atoms with van der Waals surface area (Å²) in [6.07, 6.45) is 3.50. The predicted molar refractivity (Wildman–Crippen MR) is 108 cm³/mol. The second-order valence-electron chi connectivity index (χ2n) is 6.89. The fourth-order valence-corrected chi connectivity index (χ4v) is 3.61. The Morgan fingerprint density at radius 2 is 2.00 bits per heavy atom. The van der Waals surface area contributed by atoms with Crippen LogP contribution in [-0.2, 0) is 4.79 Å². The number of carbonyl (C=O) groups is 1. The number of hydrogen-bond donors (Lipinski definition) is 3. The number of aliphatic imine (C=N–C) groups is 1. The minimum Gasteiger partial charge on any atom is -0.494 e. The van der Waals surface area contributed by atoms with Crippen molar-refractivity contribution in [2.24, 2.45) is 16.6 Å². The quantitative estimate of drug-likeness (QED) is 0.621. The molecule has 0 aliphatic carbocycles. The Morgan fingerprint density at radius 1 is 1.22 bits per heavy atom. The van der Waals surface area contributed by atoms with E-state index in [4.69, 9.17) is 5.73 Å². The Morgan fingerprint density at radius 3 is 2.78 bits per heavy atom. The van der Waals surface area contributed by atoms with Crippen LogP contribution in [0, 0.1) is 5.92 Å². The van der Waals surface area contributed by atoms with E-state index in [1.807, 2.05) is 48.5 Å². The van der Waals surface area contributed by atoms with Crippen molar-refractivity contribution in [3.63, 3.8) is 0 Å². The number of primary amides is 1. The summed E-state index contributed by atoms with van der Waals surface area (Å²) in [5.41, 5.74) is 8.88. The molecule has 6 nitrogen and oxygen atoms in total. The molecule has 4 rings (SSSR count). The molecule has 1 saturated heterocycles. The molecule has 0 spiro atoms. The number of aromatic hydroxyl groups is 1. The summed E-state index contributed by atoms with van der Waals surface area (Å²) in [5.74, 6) is -0.192. The number of H-pyrrole nitrogens is 1. The van der Waals surface area contributed by atoms with Crippen LogP contribution >= 0.6 is 0 Å².